The van der Waals surface area contributed by atoms with Crippen LogP contribution in [0.4, 0.5) is 15.8 Å². The fraction of sp³-hybridized carbons (Fsp3) is 0.138. The lowest BCUT2D eigenvalue weighted by Crippen LogP contribution is -2.04. The highest BCUT2D eigenvalue weighted by Gasteiger charge is 2.12. The van der Waals surface area contributed by atoms with Crippen molar-refractivity contribution in [2.24, 2.45) is 4.99 Å². The van der Waals surface area contributed by atoms with Crippen molar-refractivity contribution < 1.29 is 4.39 Å². The molecule has 0 unspecified atom stereocenters. The van der Waals surface area contributed by atoms with Gasteiger partial charge in [0, 0.05) is 28.3 Å². The summed E-state index contributed by atoms with van der Waals surface area (Å²) in [6.07, 6.45) is 0. The Kier molecular flexibility index (Phi) is 7.59. The Morgan fingerprint density at radius 2 is 1.45 bits per heavy atom. The molecule has 0 atom stereocenters. The van der Waals surface area contributed by atoms with Crippen molar-refractivity contribution in [2.45, 2.75) is 25.3 Å². The molecule has 0 aliphatic heterocycles. The predicted molar refractivity (Wildman–Crippen MR) is 139 cm³/mol. The Morgan fingerprint density at radius 1 is 0.848 bits per heavy atom. The number of aryl methyl sites for hydroxylation is 1. The molecule has 0 amide bonds. The number of nitrogens with one attached hydrogen (secondary N) is 1. The number of halogens is 1. The fourth-order valence-electron chi connectivity index (χ4n) is 3.66. The number of thioether (sulfide) groups is 1. The van der Waals surface area contributed by atoms with Crippen molar-refractivity contribution >= 4 is 28.8 Å². The Hall–Kier alpha value is -3.37. The van der Waals surface area contributed by atoms with E-state index in [2.05, 4.69) is 55.6 Å². The molecule has 0 aliphatic carbocycles. The number of anilines is 1. The minimum absolute atomic E-state index is 0.217. The van der Waals surface area contributed by atoms with Crippen molar-refractivity contribution in [3.05, 3.63) is 125 Å². The summed E-state index contributed by atoms with van der Waals surface area (Å²) in [4.78, 5) is 6.35. The van der Waals surface area contributed by atoms with Crippen molar-refractivity contribution in [2.75, 3.05) is 11.1 Å². The van der Waals surface area contributed by atoms with Gasteiger partial charge in [0.1, 0.15) is 5.82 Å². The summed E-state index contributed by atoms with van der Waals surface area (Å²) in [5.74, 6) is 0.737. The number of hydrogen-bond donors (Lipinski definition) is 1. The van der Waals surface area contributed by atoms with Gasteiger partial charge < -0.3 is 5.32 Å². The largest absolute Gasteiger partial charge is 0.381 e. The summed E-state index contributed by atoms with van der Waals surface area (Å²) in [5.41, 5.74) is 7.33. The number of rotatable bonds is 8. The first kappa shape index (κ1) is 22.8. The molecule has 1 N–H and O–H groups in total. The first-order chi connectivity index (χ1) is 16.1. The van der Waals surface area contributed by atoms with Gasteiger partial charge in [-0.25, -0.2) is 9.38 Å². The smallest absolute Gasteiger partial charge is 0.123 e. The molecule has 4 heteroatoms. The number of nitrogens with zero attached hydrogens (tertiary/aromatic N) is 1. The summed E-state index contributed by atoms with van der Waals surface area (Å²) in [6.45, 7) is 4.90. The quantitative estimate of drug-likeness (QED) is 0.215. The predicted octanol–water partition coefficient (Wildman–Crippen LogP) is 8.03. The maximum absolute atomic E-state index is 13.2. The molecule has 4 aromatic carbocycles. The molecule has 4 aromatic rings. The van der Waals surface area contributed by atoms with Crippen LogP contribution in [0.3, 0.4) is 0 Å². The van der Waals surface area contributed by atoms with Gasteiger partial charge in [-0.1, -0.05) is 79.7 Å². The lowest BCUT2D eigenvalue weighted by Gasteiger charge is -2.15. The van der Waals surface area contributed by atoms with E-state index in [-0.39, 0.29) is 5.82 Å². The van der Waals surface area contributed by atoms with Crippen LogP contribution in [0.2, 0.25) is 0 Å². The average molecular weight is 455 g/mol. The number of benzene rings is 4. The Morgan fingerprint density at radius 3 is 2.03 bits per heavy atom. The van der Waals surface area contributed by atoms with Crippen LogP contribution in [0, 0.1) is 12.7 Å². The highest BCUT2D eigenvalue weighted by molar-refractivity contribution is 7.99. The first-order valence-corrected chi connectivity index (χ1v) is 12.1. The van der Waals surface area contributed by atoms with E-state index in [1.54, 1.807) is 11.8 Å². The third-order valence-electron chi connectivity index (χ3n) is 5.29. The zero-order valence-electron chi connectivity index (χ0n) is 18.9. The maximum atomic E-state index is 13.2. The molecule has 0 aliphatic rings. The molecule has 33 heavy (non-hydrogen) atoms. The lowest BCUT2D eigenvalue weighted by molar-refractivity contribution is 0.627. The minimum Gasteiger partial charge on any atom is -0.381 e. The molecular formula is C29H27FN2S. The SMILES string of the molecule is CCSc1cc(NCc2ccc(F)cc2)cc(C)c1N=C(c1ccccc1)c1ccccc1. The summed E-state index contributed by atoms with van der Waals surface area (Å²) in [7, 11) is 0. The van der Waals surface area contributed by atoms with Gasteiger partial charge in [0.2, 0.25) is 0 Å². The second kappa shape index (κ2) is 11.0. The maximum Gasteiger partial charge on any atom is 0.123 e. The molecule has 0 fully saturated rings. The van der Waals surface area contributed by atoms with Crippen LogP contribution in [-0.2, 0) is 6.54 Å². The molecule has 0 saturated heterocycles. The van der Waals surface area contributed by atoms with Gasteiger partial charge in [-0.2, -0.15) is 0 Å². The highest BCUT2D eigenvalue weighted by Crippen LogP contribution is 2.37. The van der Waals surface area contributed by atoms with E-state index in [1.807, 2.05) is 48.5 Å². The summed E-state index contributed by atoms with van der Waals surface area (Å²) >= 11 is 1.79. The summed E-state index contributed by atoms with van der Waals surface area (Å²) in [5, 5.41) is 3.48. The van der Waals surface area contributed by atoms with Gasteiger partial charge in [-0.3, -0.25) is 0 Å². The summed E-state index contributed by atoms with van der Waals surface area (Å²) < 4.78 is 13.2. The minimum atomic E-state index is -0.217. The lowest BCUT2D eigenvalue weighted by atomic mass is 10.0. The van der Waals surface area contributed by atoms with Crippen LogP contribution in [0.5, 0.6) is 0 Å². The monoisotopic (exact) mass is 454 g/mol. The standard InChI is InChI=1S/C29H27FN2S/c1-3-33-27-19-26(31-20-22-14-16-25(30)17-15-22)18-21(2)28(27)32-29(23-10-6-4-7-11-23)24-12-8-5-9-13-24/h4-19,31H,3,20H2,1-2H3. The van der Waals surface area contributed by atoms with E-state index in [4.69, 9.17) is 4.99 Å². The molecule has 0 aromatic heterocycles. The van der Waals surface area contributed by atoms with Crippen LogP contribution in [0.15, 0.2) is 107 Å². The van der Waals surface area contributed by atoms with E-state index in [0.717, 1.165) is 50.0 Å². The van der Waals surface area contributed by atoms with E-state index < -0.39 is 0 Å². The van der Waals surface area contributed by atoms with Gasteiger partial charge in [-0.05, 0) is 48.1 Å². The molecule has 0 heterocycles. The third kappa shape index (κ3) is 5.91. The zero-order chi connectivity index (χ0) is 23.0. The van der Waals surface area contributed by atoms with Gasteiger partial charge >= 0.3 is 0 Å². The van der Waals surface area contributed by atoms with Gasteiger partial charge in [-0.15, -0.1) is 11.8 Å². The second-order valence-electron chi connectivity index (χ2n) is 7.75. The highest BCUT2D eigenvalue weighted by atomic mass is 32.2. The molecule has 0 saturated carbocycles. The Balaban J connectivity index is 1.72. The molecule has 0 radical (unpaired) electrons. The van der Waals surface area contributed by atoms with E-state index in [9.17, 15) is 4.39 Å². The molecule has 166 valence electrons. The van der Waals surface area contributed by atoms with Gasteiger partial charge in [0.05, 0.1) is 11.4 Å². The Bertz CT molecular complexity index is 1180. The van der Waals surface area contributed by atoms with Gasteiger partial charge in [0.15, 0.2) is 0 Å². The van der Waals surface area contributed by atoms with Crippen molar-refractivity contribution in [3.8, 4) is 0 Å². The van der Waals surface area contributed by atoms with Crippen LogP contribution < -0.4 is 5.32 Å². The topological polar surface area (TPSA) is 24.4 Å². The van der Waals surface area contributed by atoms with E-state index in [0.29, 0.717) is 6.54 Å². The van der Waals surface area contributed by atoms with Crippen molar-refractivity contribution in [3.63, 3.8) is 0 Å². The van der Waals surface area contributed by atoms with Gasteiger partial charge in [0.25, 0.3) is 0 Å². The molecule has 2 nitrogen and oxygen atoms in total. The van der Waals surface area contributed by atoms with Crippen LogP contribution in [0.25, 0.3) is 0 Å². The molecule has 0 bridgehead atoms. The van der Waals surface area contributed by atoms with Crippen molar-refractivity contribution in [1.82, 2.24) is 0 Å². The fourth-order valence-corrected chi connectivity index (χ4v) is 4.53. The average Bonchev–Trinajstić information content (AvgIpc) is 2.84. The van der Waals surface area contributed by atoms with Crippen molar-refractivity contribution in [1.29, 1.82) is 0 Å². The third-order valence-corrected chi connectivity index (χ3v) is 6.20. The normalized spacial score (nSPS) is 10.6. The van der Waals surface area contributed by atoms with Crippen LogP contribution >= 0.6 is 11.8 Å². The zero-order valence-corrected chi connectivity index (χ0v) is 19.7. The van der Waals surface area contributed by atoms with E-state index >= 15 is 0 Å². The molecular weight excluding hydrogens is 427 g/mol. The molecule has 4 rings (SSSR count). The second-order valence-corrected chi connectivity index (χ2v) is 9.05. The number of aliphatic imine (C=N–C) groups is 1. The Labute approximate surface area is 199 Å². The molecule has 0 spiro atoms. The van der Waals surface area contributed by atoms with Crippen LogP contribution in [-0.4, -0.2) is 11.5 Å². The van der Waals surface area contributed by atoms with E-state index in [1.165, 1.54) is 12.1 Å². The van der Waals surface area contributed by atoms with Crippen LogP contribution in [0.1, 0.15) is 29.2 Å². The summed E-state index contributed by atoms with van der Waals surface area (Å²) in [6, 6.07) is 31.5. The first-order valence-electron chi connectivity index (χ1n) is 11.1. The number of hydrogen-bond acceptors (Lipinski definition) is 3.